The van der Waals surface area contributed by atoms with Gasteiger partial charge in [-0.2, -0.15) is 0 Å². The second-order valence-electron chi connectivity index (χ2n) is 7.69. The van der Waals surface area contributed by atoms with Crippen molar-refractivity contribution >= 4 is 34.5 Å². The maximum atomic E-state index is 12.6. The molecule has 0 atom stereocenters. The van der Waals surface area contributed by atoms with Crippen molar-refractivity contribution in [2.24, 2.45) is 0 Å². The van der Waals surface area contributed by atoms with E-state index in [0.717, 1.165) is 50.6 Å². The van der Waals surface area contributed by atoms with Gasteiger partial charge in [0.2, 0.25) is 0 Å². The molecule has 0 aliphatic carbocycles. The highest BCUT2D eigenvalue weighted by molar-refractivity contribution is 6.35. The number of para-hydroxylation sites is 1. The molecule has 4 heteroatoms. The Bertz CT molecular complexity index is 1150. The average molecular weight is 383 g/mol. The largest absolute Gasteiger partial charge is 0.378 e. The van der Waals surface area contributed by atoms with Crippen LogP contribution >= 0.6 is 0 Å². The first-order chi connectivity index (χ1) is 13.9. The number of nitrogens with zero attached hydrogens (tertiary/aromatic N) is 1. The van der Waals surface area contributed by atoms with Crippen LogP contribution in [0, 0.1) is 6.92 Å². The van der Waals surface area contributed by atoms with Crippen LogP contribution in [0.2, 0.25) is 0 Å². The van der Waals surface area contributed by atoms with Gasteiger partial charge in [-0.05, 0) is 49.3 Å². The molecule has 0 bridgehead atoms. The van der Waals surface area contributed by atoms with Gasteiger partial charge < -0.3 is 15.2 Å². The lowest BCUT2D eigenvalue weighted by Crippen LogP contribution is -2.07. The summed E-state index contributed by atoms with van der Waals surface area (Å²) < 4.78 is 0. The van der Waals surface area contributed by atoms with Crippen LogP contribution in [-0.2, 0) is 4.79 Å². The van der Waals surface area contributed by atoms with Crippen molar-refractivity contribution in [3.8, 4) is 11.1 Å². The number of aromatic nitrogens is 1. The standard InChI is InChI=1S/C25H25N3O/c1-15(2)23-16(3)26-22(24(23)17-10-12-18(13-11-17)28(4)5)14-20-19-8-6-7-9-21(19)27-25(20)29/h6-14,26H,1H2,2-5H3,(H,27,29)/b20-14-. The Kier molecular flexibility index (Phi) is 4.63. The predicted octanol–water partition coefficient (Wildman–Crippen LogP) is 5.58. The number of benzene rings is 2. The molecule has 4 nitrogen and oxygen atoms in total. The lowest BCUT2D eigenvalue weighted by Gasteiger charge is -2.13. The van der Waals surface area contributed by atoms with Gasteiger partial charge in [-0.25, -0.2) is 0 Å². The molecule has 0 spiro atoms. The number of hydrogen-bond donors (Lipinski definition) is 2. The number of H-pyrrole nitrogens is 1. The quantitative estimate of drug-likeness (QED) is 0.578. The molecule has 3 aromatic rings. The van der Waals surface area contributed by atoms with Gasteiger partial charge in [0.1, 0.15) is 0 Å². The first-order valence-electron chi connectivity index (χ1n) is 9.65. The lowest BCUT2D eigenvalue weighted by molar-refractivity contribution is -0.110. The van der Waals surface area contributed by atoms with Crippen LogP contribution < -0.4 is 10.2 Å². The van der Waals surface area contributed by atoms with Gasteiger partial charge in [-0.15, -0.1) is 0 Å². The summed E-state index contributed by atoms with van der Waals surface area (Å²) in [5, 5.41) is 2.95. The fourth-order valence-corrected chi connectivity index (χ4v) is 3.94. The SMILES string of the molecule is C=C(C)c1c(C)[nH]c(/C=C2\C(=O)Nc3ccccc32)c1-c1ccc(N(C)C)cc1. The Hall–Kier alpha value is -3.53. The number of aromatic amines is 1. The van der Waals surface area contributed by atoms with E-state index in [4.69, 9.17) is 0 Å². The van der Waals surface area contributed by atoms with Crippen molar-refractivity contribution < 1.29 is 4.79 Å². The molecule has 1 aliphatic rings. The number of allylic oxidation sites excluding steroid dienone is 1. The number of fused-ring (bicyclic) bond motifs is 1. The second kappa shape index (κ2) is 7.13. The van der Waals surface area contributed by atoms with Crippen LogP contribution in [0.5, 0.6) is 0 Å². The average Bonchev–Trinajstić information content (AvgIpc) is 3.18. The van der Waals surface area contributed by atoms with Gasteiger partial charge in [0.15, 0.2) is 0 Å². The minimum absolute atomic E-state index is 0.0794. The van der Waals surface area contributed by atoms with Crippen LogP contribution in [0.4, 0.5) is 11.4 Å². The Balaban J connectivity index is 1.90. The number of aryl methyl sites for hydroxylation is 1. The summed E-state index contributed by atoms with van der Waals surface area (Å²) in [5.74, 6) is -0.0794. The highest BCUT2D eigenvalue weighted by atomic mass is 16.2. The van der Waals surface area contributed by atoms with Gasteiger partial charge in [0.05, 0.1) is 5.57 Å². The number of carbonyl (C=O) groups is 1. The molecule has 0 fully saturated rings. The van der Waals surface area contributed by atoms with Crippen LogP contribution in [0.15, 0.2) is 55.1 Å². The number of amides is 1. The monoisotopic (exact) mass is 383 g/mol. The number of carbonyl (C=O) groups excluding carboxylic acids is 1. The van der Waals surface area contributed by atoms with Gasteiger partial charge in [0.25, 0.3) is 5.91 Å². The molecule has 2 aromatic carbocycles. The van der Waals surface area contributed by atoms with E-state index < -0.39 is 0 Å². The predicted molar refractivity (Wildman–Crippen MR) is 123 cm³/mol. The summed E-state index contributed by atoms with van der Waals surface area (Å²) in [6, 6.07) is 16.2. The van der Waals surface area contributed by atoms with E-state index in [9.17, 15) is 4.79 Å². The third kappa shape index (κ3) is 3.27. The second-order valence-corrected chi connectivity index (χ2v) is 7.69. The molecule has 2 heterocycles. The molecule has 1 amide bonds. The lowest BCUT2D eigenvalue weighted by atomic mass is 9.95. The minimum atomic E-state index is -0.0794. The van der Waals surface area contributed by atoms with Gasteiger partial charge in [-0.1, -0.05) is 36.9 Å². The van der Waals surface area contributed by atoms with Crippen molar-refractivity contribution in [2.75, 3.05) is 24.3 Å². The Morgan fingerprint density at radius 3 is 2.41 bits per heavy atom. The Morgan fingerprint density at radius 1 is 1.07 bits per heavy atom. The normalized spacial score (nSPS) is 14.1. The molecule has 2 N–H and O–H groups in total. The fourth-order valence-electron chi connectivity index (χ4n) is 3.94. The molecule has 146 valence electrons. The number of anilines is 2. The summed E-state index contributed by atoms with van der Waals surface area (Å²) in [7, 11) is 4.06. The zero-order valence-electron chi connectivity index (χ0n) is 17.3. The van der Waals surface area contributed by atoms with Gasteiger partial charge >= 0.3 is 0 Å². The topological polar surface area (TPSA) is 48.1 Å². The smallest absolute Gasteiger partial charge is 0.256 e. The summed E-state index contributed by atoms with van der Waals surface area (Å²) in [6.45, 7) is 8.25. The van der Waals surface area contributed by atoms with E-state index in [2.05, 4.69) is 46.0 Å². The molecule has 0 saturated carbocycles. The zero-order valence-corrected chi connectivity index (χ0v) is 17.3. The van der Waals surface area contributed by atoms with E-state index in [0.29, 0.717) is 5.57 Å². The summed E-state index contributed by atoms with van der Waals surface area (Å²) in [4.78, 5) is 18.2. The number of rotatable bonds is 4. The maximum absolute atomic E-state index is 12.6. The molecule has 1 aromatic heterocycles. The Morgan fingerprint density at radius 2 is 1.76 bits per heavy atom. The number of hydrogen-bond acceptors (Lipinski definition) is 2. The maximum Gasteiger partial charge on any atom is 0.256 e. The highest BCUT2D eigenvalue weighted by Gasteiger charge is 2.25. The van der Waals surface area contributed by atoms with E-state index in [1.54, 1.807) is 0 Å². The molecule has 0 radical (unpaired) electrons. The molecule has 4 rings (SSSR count). The summed E-state index contributed by atoms with van der Waals surface area (Å²) in [5.41, 5.74) is 9.80. The fraction of sp³-hybridized carbons (Fsp3) is 0.160. The van der Waals surface area contributed by atoms with Crippen LogP contribution in [0.25, 0.3) is 28.3 Å². The Labute approximate surface area is 171 Å². The van der Waals surface area contributed by atoms with E-state index in [-0.39, 0.29) is 5.91 Å². The molecule has 0 unspecified atom stereocenters. The van der Waals surface area contributed by atoms with E-state index in [1.807, 2.05) is 58.3 Å². The summed E-state index contributed by atoms with van der Waals surface area (Å²) in [6.07, 6.45) is 1.95. The van der Waals surface area contributed by atoms with Crippen molar-refractivity contribution in [1.29, 1.82) is 0 Å². The highest BCUT2D eigenvalue weighted by Crippen LogP contribution is 2.39. The van der Waals surface area contributed by atoms with Crippen molar-refractivity contribution in [3.05, 3.63) is 77.6 Å². The van der Waals surface area contributed by atoms with Crippen molar-refractivity contribution in [1.82, 2.24) is 4.98 Å². The zero-order chi connectivity index (χ0) is 20.7. The molecule has 0 saturated heterocycles. The molecule has 29 heavy (non-hydrogen) atoms. The summed E-state index contributed by atoms with van der Waals surface area (Å²) >= 11 is 0. The minimum Gasteiger partial charge on any atom is -0.378 e. The first kappa shape index (κ1) is 18.8. The van der Waals surface area contributed by atoms with E-state index in [1.165, 1.54) is 0 Å². The van der Waals surface area contributed by atoms with Gasteiger partial charge in [0, 0.05) is 53.5 Å². The molecular formula is C25H25N3O. The third-order valence-corrected chi connectivity index (χ3v) is 5.31. The van der Waals surface area contributed by atoms with Crippen molar-refractivity contribution in [3.63, 3.8) is 0 Å². The van der Waals surface area contributed by atoms with Crippen molar-refractivity contribution in [2.45, 2.75) is 13.8 Å². The molecule has 1 aliphatic heterocycles. The van der Waals surface area contributed by atoms with Crippen LogP contribution in [0.1, 0.15) is 29.4 Å². The third-order valence-electron chi connectivity index (χ3n) is 5.31. The van der Waals surface area contributed by atoms with Gasteiger partial charge in [-0.3, -0.25) is 4.79 Å². The molecular weight excluding hydrogens is 358 g/mol. The first-order valence-corrected chi connectivity index (χ1v) is 9.65. The number of nitrogens with one attached hydrogen (secondary N) is 2. The van der Waals surface area contributed by atoms with E-state index >= 15 is 0 Å². The van der Waals surface area contributed by atoms with Crippen LogP contribution in [0.3, 0.4) is 0 Å². The van der Waals surface area contributed by atoms with Crippen LogP contribution in [-0.4, -0.2) is 25.0 Å².